The Hall–Kier alpha value is -2.10. The van der Waals surface area contributed by atoms with Gasteiger partial charge < -0.3 is 10.4 Å². The van der Waals surface area contributed by atoms with E-state index in [9.17, 15) is 9.59 Å². The van der Waals surface area contributed by atoms with Crippen molar-refractivity contribution < 1.29 is 14.7 Å². The fraction of sp³-hybridized carbons (Fsp3) is 0.231. The molecule has 0 fully saturated rings. The molecule has 17 heavy (non-hydrogen) atoms. The first kappa shape index (κ1) is 13.0. The average Bonchev–Trinajstić information content (AvgIpc) is 2.26. The third-order valence-corrected chi connectivity index (χ3v) is 2.22. The molecule has 1 amide bonds. The van der Waals surface area contributed by atoms with E-state index in [1.807, 2.05) is 31.2 Å². The highest BCUT2D eigenvalue weighted by atomic mass is 16.4. The predicted octanol–water partition coefficient (Wildman–Crippen LogP) is 1.60. The normalized spacial score (nSPS) is 11.1. The van der Waals surface area contributed by atoms with Gasteiger partial charge in [0.2, 0.25) is 5.91 Å². The van der Waals surface area contributed by atoms with E-state index >= 15 is 0 Å². The highest BCUT2D eigenvalue weighted by molar-refractivity contribution is 5.93. The number of hydrogen-bond acceptors (Lipinski definition) is 2. The lowest BCUT2D eigenvalue weighted by molar-refractivity contribution is -0.132. The van der Waals surface area contributed by atoms with Crippen molar-refractivity contribution in [3.8, 4) is 0 Å². The van der Waals surface area contributed by atoms with Crippen LogP contribution in [0.5, 0.6) is 0 Å². The Morgan fingerprint density at radius 1 is 1.29 bits per heavy atom. The monoisotopic (exact) mass is 233 g/mol. The maximum atomic E-state index is 11.0. The average molecular weight is 233 g/mol. The van der Waals surface area contributed by atoms with Crippen LogP contribution in [0.3, 0.4) is 0 Å². The highest BCUT2D eigenvalue weighted by Crippen LogP contribution is 2.08. The molecule has 0 unspecified atom stereocenters. The molecule has 0 spiro atoms. The van der Waals surface area contributed by atoms with E-state index in [-0.39, 0.29) is 18.0 Å². The molecule has 0 bridgehead atoms. The number of aryl methyl sites for hydroxylation is 1. The van der Waals surface area contributed by atoms with Gasteiger partial charge in [-0.3, -0.25) is 4.79 Å². The lowest BCUT2D eigenvalue weighted by atomic mass is 10.1. The summed E-state index contributed by atoms with van der Waals surface area (Å²) in [5, 5.41) is 11.5. The number of aliphatic carboxylic acids is 1. The van der Waals surface area contributed by atoms with Crippen LogP contribution in [0.1, 0.15) is 18.1 Å². The van der Waals surface area contributed by atoms with Gasteiger partial charge >= 0.3 is 5.97 Å². The third kappa shape index (κ3) is 4.51. The summed E-state index contributed by atoms with van der Waals surface area (Å²) in [5.74, 6) is -1.28. The quantitative estimate of drug-likeness (QED) is 0.776. The van der Waals surface area contributed by atoms with Gasteiger partial charge in [-0.15, -0.1) is 0 Å². The summed E-state index contributed by atoms with van der Waals surface area (Å²) < 4.78 is 0. The molecule has 0 aromatic heterocycles. The molecular formula is C13H15NO3. The summed E-state index contributed by atoms with van der Waals surface area (Å²) in [6.45, 7) is 3.34. The van der Waals surface area contributed by atoms with Crippen molar-refractivity contribution in [3.05, 3.63) is 41.0 Å². The number of rotatable bonds is 4. The number of amides is 1. The molecular weight excluding hydrogens is 218 g/mol. The van der Waals surface area contributed by atoms with Crippen molar-refractivity contribution in [2.45, 2.75) is 13.8 Å². The van der Waals surface area contributed by atoms with E-state index in [1.54, 1.807) is 6.08 Å². The highest BCUT2D eigenvalue weighted by Gasteiger charge is 2.07. The molecule has 0 aliphatic rings. The zero-order valence-corrected chi connectivity index (χ0v) is 9.86. The van der Waals surface area contributed by atoms with Crippen LogP contribution in [0, 0.1) is 6.92 Å². The second-order valence-electron chi connectivity index (χ2n) is 3.80. The third-order valence-electron chi connectivity index (χ3n) is 2.22. The molecule has 1 rings (SSSR count). The minimum Gasteiger partial charge on any atom is -0.478 e. The molecule has 2 N–H and O–H groups in total. The van der Waals surface area contributed by atoms with E-state index in [0.717, 1.165) is 11.1 Å². The molecule has 0 atom stereocenters. The summed E-state index contributed by atoms with van der Waals surface area (Å²) in [7, 11) is 0. The zero-order chi connectivity index (χ0) is 12.8. The summed E-state index contributed by atoms with van der Waals surface area (Å²) >= 11 is 0. The number of carbonyl (C=O) groups excluding carboxylic acids is 1. The molecule has 1 aromatic rings. The molecule has 0 radical (unpaired) electrons. The number of carbonyl (C=O) groups is 2. The van der Waals surface area contributed by atoms with E-state index in [2.05, 4.69) is 5.32 Å². The van der Waals surface area contributed by atoms with Crippen LogP contribution in [-0.4, -0.2) is 23.5 Å². The van der Waals surface area contributed by atoms with Gasteiger partial charge in [0.1, 0.15) is 0 Å². The smallest absolute Gasteiger partial charge is 0.333 e. The number of carboxylic acid groups (broad SMARTS) is 1. The minimum atomic E-state index is -1.03. The molecule has 0 saturated carbocycles. The van der Waals surface area contributed by atoms with Gasteiger partial charge in [0.05, 0.1) is 5.57 Å². The Morgan fingerprint density at radius 3 is 2.35 bits per heavy atom. The molecule has 0 heterocycles. The fourth-order valence-electron chi connectivity index (χ4n) is 1.27. The maximum absolute atomic E-state index is 11.0. The molecule has 0 aliphatic heterocycles. The first-order valence-electron chi connectivity index (χ1n) is 5.24. The number of benzene rings is 1. The van der Waals surface area contributed by atoms with Gasteiger partial charge in [-0.2, -0.15) is 0 Å². The topological polar surface area (TPSA) is 66.4 Å². The van der Waals surface area contributed by atoms with Crippen molar-refractivity contribution in [1.82, 2.24) is 5.32 Å². The van der Waals surface area contributed by atoms with Gasteiger partial charge in [-0.25, -0.2) is 4.79 Å². The largest absolute Gasteiger partial charge is 0.478 e. The van der Waals surface area contributed by atoms with Crippen molar-refractivity contribution in [1.29, 1.82) is 0 Å². The summed E-state index contributed by atoms with van der Waals surface area (Å²) in [6, 6.07) is 7.49. The van der Waals surface area contributed by atoms with Crippen molar-refractivity contribution >= 4 is 18.0 Å². The Kier molecular flexibility index (Phi) is 4.46. The van der Waals surface area contributed by atoms with Gasteiger partial charge in [-0.05, 0) is 18.6 Å². The predicted molar refractivity (Wildman–Crippen MR) is 65.5 cm³/mol. The first-order valence-corrected chi connectivity index (χ1v) is 5.24. The summed E-state index contributed by atoms with van der Waals surface area (Å²) in [6.07, 6.45) is 1.55. The number of hydrogen-bond donors (Lipinski definition) is 2. The minimum absolute atomic E-state index is 0.0263. The van der Waals surface area contributed by atoms with Crippen LogP contribution in [0.4, 0.5) is 0 Å². The summed E-state index contributed by atoms with van der Waals surface area (Å²) in [4.78, 5) is 21.7. The van der Waals surface area contributed by atoms with Crippen LogP contribution >= 0.6 is 0 Å². The van der Waals surface area contributed by atoms with Crippen molar-refractivity contribution in [2.75, 3.05) is 6.54 Å². The van der Waals surface area contributed by atoms with Crippen LogP contribution < -0.4 is 5.32 Å². The Balaban J connectivity index is 2.86. The Labute approximate surface area is 100.0 Å². The Morgan fingerprint density at radius 2 is 1.88 bits per heavy atom. The fourth-order valence-corrected chi connectivity index (χ4v) is 1.27. The lowest BCUT2D eigenvalue weighted by Gasteiger charge is -2.03. The van der Waals surface area contributed by atoms with Crippen molar-refractivity contribution in [2.24, 2.45) is 0 Å². The lowest BCUT2D eigenvalue weighted by Crippen LogP contribution is -2.25. The van der Waals surface area contributed by atoms with Gasteiger partial charge in [0, 0.05) is 13.5 Å². The van der Waals surface area contributed by atoms with E-state index < -0.39 is 5.97 Å². The van der Waals surface area contributed by atoms with E-state index in [1.165, 1.54) is 6.92 Å². The number of nitrogens with one attached hydrogen (secondary N) is 1. The zero-order valence-electron chi connectivity index (χ0n) is 9.86. The first-order chi connectivity index (χ1) is 7.99. The second kappa shape index (κ2) is 5.84. The standard InChI is InChI=1S/C13H15NO3/c1-9-3-5-11(6-4-9)7-12(13(16)17)8-14-10(2)15/h3-7H,8H2,1-2H3,(H,14,15)(H,16,17)/b12-7+. The second-order valence-corrected chi connectivity index (χ2v) is 3.80. The number of carboxylic acids is 1. The van der Waals surface area contributed by atoms with Gasteiger partial charge in [0.25, 0.3) is 0 Å². The molecule has 4 heteroatoms. The molecule has 0 aliphatic carbocycles. The molecule has 0 saturated heterocycles. The summed E-state index contributed by atoms with van der Waals surface area (Å²) in [5.41, 5.74) is 2.07. The maximum Gasteiger partial charge on any atom is 0.333 e. The SMILES string of the molecule is CC(=O)NC/C(=C\c1ccc(C)cc1)C(=O)O. The molecule has 4 nitrogen and oxygen atoms in total. The molecule has 1 aromatic carbocycles. The van der Waals surface area contributed by atoms with Crippen LogP contribution in [-0.2, 0) is 9.59 Å². The Bertz CT molecular complexity index is 446. The van der Waals surface area contributed by atoms with E-state index in [0.29, 0.717) is 0 Å². The van der Waals surface area contributed by atoms with Gasteiger partial charge in [0.15, 0.2) is 0 Å². The van der Waals surface area contributed by atoms with Crippen LogP contribution in [0.2, 0.25) is 0 Å². The molecule has 90 valence electrons. The van der Waals surface area contributed by atoms with Crippen molar-refractivity contribution in [3.63, 3.8) is 0 Å². The van der Waals surface area contributed by atoms with Gasteiger partial charge in [-0.1, -0.05) is 29.8 Å². The van der Waals surface area contributed by atoms with Crippen LogP contribution in [0.15, 0.2) is 29.8 Å². The van der Waals surface area contributed by atoms with E-state index in [4.69, 9.17) is 5.11 Å². The van der Waals surface area contributed by atoms with Crippen LogP contribution in [0.25, 0.3) is 6.08 Å².